The zero-order chi connectivity index (χ0) is 16.2. The van der Waals surface area contributed by atoms with Crippen LogP contribution in [0.15, 0.2) is 36.4 Å². The van der Waals surface area contributed by atoms with Crippen molar-refractivity contribution in [3.8, 4) is 17.2 Å². The van der Waals surface area contributed by atoms with E-state index in [0.29, 0.717) is 28.0 Å². The second kappa shape index (κ2) is 6.79. The molecule has 1 heterocycles. The summed E-state index contributed by atoms with van der Waals surface area (Å²) in [4.78, 5) is 12.0. The van der Waals surface area contributed by atoms with E-state index in [0.717, 1.165) is 12.0 Å². The molecular weight excluding hydrogens is 318 g/mol. The Morgan fingerprint density at radius 3 is 2.87 bits per heavy atom. The number of halogens is 1. The second-order valence-electron chi connectivity index (χ2n) is 5.01. The standard InChI is InChI=1S/C17H16ClNO4/c1-2-11-7-13(4-5-14(11)18)21-9-17(20)19-12-3-6-15-16(8-12)23-10-22-15/h3-8H,2,9-10H2,1H3,(H,19,20). The van der Waals surface area contributed by atoms with E-state index in [1.165, 1.54) is 0 Å². The van der Waals surface area contributed by atoms with E-state index in [4.69, 9.17) is 25.8 Å². The SMILES string of the molecule is CCc1cc(OCC(=O)Nc2ccc3c(c2)OCO3)ccc1Cl. The van der Waals surface area contributed by atoms with Gasteiger partial charge < -0.3 is 19.5 Å². The Morgan fingerprint density at radius 1 is 1.22 bits per heavy atom. The summed E-state index contributed by atoms with van der Waals surface area (Å²) in [5.41, 5.74) is 1.62. The van der Waals surface area contributed by atoms with E-state index in [9.17, 15) is 4.79 Å². The van der Waals surface area contributed by atoms with Gasteiger partial charge >= 0.3 is 0 Å². The van der Waals surface area contributed by atoms with Gasteiger partial charge in [0.2, 0.25) is 6.79 Å². The summed E-state index contributed by atoms with van der Waals surface area (Å²) in [6.45, 7) is 2.13. The van der Waals surface area contributed by atoms with Crippen molar-refractivity contribution >= 4 is 23.2 Å². The first kappa shape index (κ1) is 15.5. The van der Waals surface area contributed by atoms with Crippen LogP contribution >= 0.6 is 11.6 Å². The lowest BCUT2D eigenvalue weighted by Gasteiger charge is -2.09. The maximum atomic E-state index is 12.0. The van der Waals surface area contributed by atoms with Gasteiger partial charge in [0.15, 0.2) is 18.1 Å². The Kier molecular flexibility index (Phi) is 4.57. The fourth-order valence-electron chi connectivity index (χ4n) is 2.23. The molecule has 120 valence electrons. The molecule has 0 radical (unpaired) electrons. The quantitative estimate of drug-likeness (QED) is 0.907. The van der Waals surface area contributed by atoms with Crippen molar-refractivity contribution in [2.24, 2.45) is 0 Å². The van der Waals surface area contributed by atoms with Gasteiger partial charge in [0.1, 0.15) is 5.75 Å². The first-order chi connectivity index (χ1) is 11.2. The fraction of sp³-hybridized carbons (Fsp3) is 0.235. The lowest BCUT2D eigenvalue weighted by molar-refractivity contribution is -0.118. The molecule has 5 nitrogen and oxygen atoms in total. The molecule has 0 fully saturated rings. The Labute approximate surface area is 139 Å². The van der Waals surface area contributed by atoms with E-state index in [2.05, 4.69) is 5.32 Å². The molecule has 1 aliphatic heterocycles. The van der Waals surface area contributed by atoms with Gasteiger partial charge in [-0.05, 0) is 42.3 Å². The maximum Gasteiger partial charge on any atom is 0.262 e. The van der Waals surface area contributed by atoms with Gasteiger partial charge in [0.05, 0.1) is 0 Å². The van der Waals surface area contributed by atoms with Gasteiger partial charge in [-0.15, -0.1) is 0 Å². The number of anilines is 1. The van der Waals surface area contributed by atoms with Gasteiger partial charge in [-0.2, -0.15) is 0 Å². The minimum Gasteiger partial charge on any atom is -0.484 e. The van der Waals surface area contributed by atoms with E-state index in [1.807, 2.05) is 13.0 Å². The summed E-state index contributed by atoms with van der Waals surface area (Å²) in [5.74, 6) is 1.66. The normalized spacial score (nSPS) is 12.1. The van der Waals surface area contributed by atoms with Crippen LogP contribution in [-0.2, 0) is 11.2 Å². The summed E-state index contributed by atoms with van der Waals surface area (Å²) >= 11 is 6.06. The number of ether oxygens (including phenoxy) is 3. The third kappa shape index (κ3) is 3.68. The molecule has 3 rings (SSSR count). The number of benzene rings is 2. The zero-order valence-electron chi connectivity index (χ0n) is 12.6. The average Bonchev–Trinajstić information content (AvgIpc) is 3.01. The first-order valence-electron chi connectivity index (χ1n) is 7.26. The number of nitrogens with one attached hydrogen (secondary N) is 1. The molecule has 0 saturated heterocycles. The third-order valence-electron chi connectivity index (χ3n) is 3.42. The molecule has 0 aromatic heterocycles. The minimum absolute atomic E-state index is 0.0841. The third-order valence-corrected chi connectivity index (χ3v) is 3.79. The minimum atomic E-state index is -0.253. The second-order valence-corrected chi connectivity index (χ2v) is 5.42. The molecule has 2 aromatic carbocycles. The van der Waals surface area contributed by atoms with Crippen LogP contribution in [0.2, 0.25) is 5.02 Å². The number of carbonyl (C=O) groups is 1. The number of rotatable bonds is 5. The molecule has 0 aliphatic carbocycles. The van der Waals surface area contributed by atoms with Crippen LogP contribution < -0.4 is 19.5 Å². The van der Waals surface area contributed by atoms with E-state index in [-0.39, 0.29) is 19.3 Å². The first-order valence-corrected chi connectivity index (χ1v) is 7.64. The topological polar surface area (TPSA) is 56.8 Å². The van der Waals surface area contributed by atoms with Crippen molar-refractivity contribution in [2.45, 2.75) is 13.3 Å². The number of hydrogen-bond acceptors (Lipinski definition) is 4. The molecule has 0 unspecified atom stereocenters. The number of fused-ring (bicyclic) bond motifs is 1. The molecule has 0 atom stereocenters. The highest BCUT2D eigenvalue weighted by Gasteiger charge is 2.14. The van der Waals surface area contributed by atoms with Gasteiger partial charge in [0, 0.05) is 16.8 Å². The molecule has 1 N–H and O–H groups in total. The van der Waals surface area contributed by atoms with Crippen LogP contribution in [0.4, 0.5) is 5.69 Å². The summed E-state index contributed by atoms with van der Waals surface area (Å²) in [6, 6.07) is 10.6. The fourth-order valence-corrected chi connectivity index (χ4v) is 2.48. The molecule has 23 heavy (non-hydrogen) atoms. The number of carbonyl (C=O) groups excluding carboxylic acids is 1. The Balaban J connectivity index is 1.57. The molecule has 6 heteroatoms. The maximum absolute atomic E-state index is 12.0. The molecule has 1 amide bonds. The highest BCUT2D eigenvalue weighted by atomic mass is 35.5. The molecule has 0 spiro atoms. The van der Waals surface area contributed by atoms with Crippen LogP contribution in [0.5, 0.6) is 17.2 Å². The van der Waals surface area contributed by atoms with Gasteiger partial charge in [-0.1, -0.05) is 18.5 Å². The Bertz CT molecular complexity index is 733. The van der Waals surface area contributed by atoms with Crippen LogP contribution in [-0.4, -0.2) is 19.3 Å². The predicted octanol–water partition coefficient (Wildman–Crippen LogP) is 3.65. The van der Waals surface area contributed by atoms with Crippen LogP contribution in [0.25, 0.3) is 0 Å². The molecule has 0 bridgehead atoms. The zero-order valence-corrected chi connectivity index (χ0v) is 13.4. The molecule has 2 aromatic rings. The van der Waals surface area contributed by atoms with Gasteiger partial charge in [-0.25, -0.2) is 0 Å². The van der Waals surface area contributed by atoms with Gasteiger partial charge in [-0.3, -0.25) is 4.79 Å². The monoisotopic (exact) mass is 333 g/mol. The largest absolute Gasteiger partial charge is 0.484 e. The van der Waals surface area contributed by atoms with Gasteiger partial charge in [0.25, 0.3) is 5.91 Å². The van der Waals surface area contributed by atoms with Crippen LogP contribution in [0.1, 0.15) is 12.5 Å². The smallest absolute Gasteiger partial charge is 0.262 e. The van der Waals surface area contributed by atoms with Crippen LogP contribution in [0, 0.1) is 0 Å². The number of amides is 1. The molecular formula is C17H16ClNO4. The highest BCUT2D eigenvalue weighted by Crippen LogP contribution is 2.34. The highest BCUT2D eigenvalue weighted by molar-refractivity contribution is 6.31. The van der Waals surface area contributed by atoms with Crippen molar-refractivity contribution in [1.82, 2.24) is 0 Å². The van der Waals surface area contributed by atoms with E-state index in [1.54, 1.807) is 30.3 Å². The van der Waals surface area contributed by atoms with Crippen molar-refractivity contribution in [3.63, 3.8) is 0 Å². The lowest BCUT2D eigenvalue weighted by atomic mass is 10.1. The lowest BCUT2D eigenvalue weighted by Crippen LogP contribution is -2.20. The summed E-state index contributed by atoms with van der Waals surface area (Å²) < 4.78 is 16.0. The van der Waals surface area contributed by atoms with Crippen molar-refractivity contribution in [1.29, 1.82) is 0 Å². The van der Waals surface area contributed by atoms with E-state index >= 15 is 0 Å². The summed E-state index contributed by atoms with van der Waals surface area (Å²) in [6.07, 6.45) is 0.805. The van der Waals surface area contributed by atoms with E-state index < -0.39 is 0 Å². The molecule has 0 saturated carbocycles. The number of hydrogen-bond donors (Lipinski definition) is 1. The van der Waals surface area contributed by atoms with Crippen molar-refractivity contribution < 1.29 is 19.0 Å². The van der Waals surface area contributed by atoms with Crippen molar-refractivity contribution in [3.05, 3.63) is 47.0 Å². The Hall–Kier alpha value is -2.40. The average molecular weight is 334 g/mol. The molecule has 1 aliphatic rings. The number of aryl methyl sites for hydroxylation is 1. The van der Waals surface area contributed by atoms with Crippen LogP contribution in [0.3, 0.4) is 0 Å². The summed E-state index contributed by atoms with van der Waals surface area (Å²) in [5, 5.41) is 3.46. The van der Waals surface area contributed by atoms with Crippen molar-refractivity contribution in [2.75, 3.05) is 18.7 Å². The predicted molar refractivity (Wildman–Crippen MR) is 87.5 cm³/mol. The Morgan fingerprint density at radius 2 is 2.04 bits per heavy atom. The summed E-state index contributed by atoms with van der Waals surface area (Å²) in [7, 11) is 0.